The molecule has 0 amide bonds. The van der Waals surface area contributed by atoms with Crippen LogP contribution < -0.4 is 0 Å². The van der Waals surface area contributed by atoms with E-state index in [0.29, 0.717) is 0 Å². The lowest BCUT2D eigenvalue weighted by Gasteiger charge is -1.98. The number of carbonyl (C=O) groups is 4. The van der Waals surface area contributed by atoms with E-state index in [1.165, 1.54) is 0 Å². The highest BCUT2D eigenvalue weighted by Crippen LogP contribution is 2.08. The third-order valence-electron chi connectivity index (χ3n) is 3.15. The van der Waals surface area contributed by atoms with Gasteiger partial charge in [-0.2, -0.15) is 0 Å². The van der Waals surface area contributed by atoms with E-state index in [0.717, 1.165) is 51.4 Å². The maximum absolute atomic E-state index is 10.1. The van der Waals surface area contributed by atoms with Crippen molar-refractivity contribution in [3.8, 4) is 0 Å². The molecule has 0 bridgehead atoms. The van der Waals surface area contributed by atoms with Crippen LogP contribution in [0.25, 0.3) is 0 Å². The van der Waals surface area contributed by atoms with Crippen molar-refractivity contribution in [1.29, 1.82) is 0 Å². The van der Waals surface area contributed by atoms with Crippen LogP contribution in [0.2, 0.25) is 0 Å². The van der Waals surface area contributed by atoms with Gasteiger partial charge < -0.3 is 30.6 Å². The molecule has 0 saturated heterocycles. The minimum Gasteiger partial charge on any atom is -0.481 e. The van der Waals surface area contributed by atoms with Crippen molar-refractivity contribution < 1.29 is 49.8 Å². The third kappa shape index (κ3) is 43.8. The number of hydrogen-bond donors (Lipinski definition) is 6. The van der Waals surface area contributed by atoms with Crippen molar-refractivity contribution in [2.75, 3.05) is 13.2 Å². The van der Waals surface area contributed by atoms with Crippen LogP contribution >= 0.6 is 0 Å². The fourth-order valence-corrected chi connectivity index (χ4v) is 1.70. The Morgan fingerprint density at radius 2 is 0.643 bits per heavy atom. The molecule has 0 aliphatic heterocycles. The Bertz CT molecular complexity index is 371. The normalized spacial score (nSPS) is 9.36. The highest BCUT2D eigenvalue weighted by Gasteiger charge is 2.00. The lowest BCUT2D eigenvalue weighted by molar-refractivity contribution is -0.143. The van der Waals surface area contributed by atoms with Gasteiger partial charge in [0.05, 0.1) is 12.8 Å². The first-order valence-electron chi connectivity index (χ1n) is 9.26. The summed E-state index contributed by atoms with van der Waals surface area (Å²) in [5.74, 6) is -3.63. The fourth-order valence-electron chi connectivity index (χ4n) is 1.70. The molecule has 28 heavy (non-hydrogen) atoms. The lowest BCUT2D eigenvalue weighted by atomic mass is 10.1. The minimum absolute atomic E-state index is 0.195. The van der Waals surface area contributed by atoms with Crippen LogP contribution in [0.5, 0.6) is 0 Å². The summed E-state index contributed by atoms with van der Waals surface area (Å²) in [5, 5.41) is 48.7. The summed E-state index contributed by atoms with van der Waals surface area (Å²) in [6, 6.07) is 0. The van der Waals surface area contributed by atoms with Gasteiger partial charge in [0.25, 0.3) is 0 Å². The van der Waals surface area contributed by atoms with Gasteiger partial charge >= 0.3 is 23.9 Å². The first kappa shape index (κ1) is 30.5. The molecular weight excluding hydrogens is 376 g/mol. The van der Waals surface area contributed by atoms with Crippen LogP contribution in [0.1, 0.15) is 77.0 Å². The molecule has 0 heterocycles. The number of hydrogen-bond acceptors (Lipinski definition) is 6. The van der Waals surface area contributed by atoms with Gasteiger partial charge in [-0.1, -0.05) is 25.7 Å². The summed E-state index contributed by atoms with van der Waals surface area (Å²) in [6.07, 6.45) is 6.67. The van der Waals surface area contributed by atoms with Crippen LogP contribution in [0.15, 0.2) is 0 Å². The lowest BCUT2D eigenvalue weighted by Crippen LogP contribution is -2.00. The van der Waals surface area contributed by atoms with E-state index in [2.05, 4.69) is 0 Å². The Labute approximate surface area is 164 Å². The summed E-state index contributed by atoms with van der Waals surface area (Å²) in [6.45, 7) is 0.390. The molecule has 0 unspecified atom stereocenters. The number of unbranched alkanes of at least 4 members (excludes halogenated alkanes) is 6. The second-order valence-electron chi connectivity index (χ2n) is 5.85. The molecule has 0 aliphatic carbocycles. The van der Waals surface area contributed by atoms with E-state index < -0.39 is 23.9 Å². The highest BCUT2D eigenvalue weighted by molar-refractivity contribution is 5.75. The average molecular weight is 410 g/mol. The first-order chi connectivity index (χ1) is 13.2. The van der Waals surface area contributed by atoms with Gasteiger partial charge in [0.1, 0.15) is 0 Å². The summed E-state index contributed by atoms with van der Waals surface area (Å²) < 4.78 is 0. The second kappa shape index (κ2) is 24.8. The van der Waals surface area contributed by atoms with Gasteiger partial charge in [0, 0.05) is 26.1 Å². The van der Waals surface area contributed by atoms with E-state index in [1.54, 1.807) is 0 Å². The molecule has 0 aromatic carbocycles. The number of carboxylic acids is 4. The smallest absolute Gasteiger partial charge is 0.303 e. The molecule has 166 valence electrons. The van der Waals surface area contributed by atoms with Crippen molar-refractivity contribution in [3.63, 3.8) is 0 Å². The van der Waals surface area contributed by atoms with Crippen molar-refractivity contribution in [2.24, 2.45) is 0 Å². The van der Waals surface area contributed by atoms with Crippen LogP contribution in [-0.2, 0) is 19.2 Å². The van der Waals surface area contributed by atoms with Crippen LogP contribution in [-0.4, -0.2) is 67.7 Å². The number of aliphatic hydroxyl groups is 2. The zero-order valence-electron chi connectivity index (χ0n) is 16.2. The van der Waals surface area contributed by atoms with Crippen LogP contribution in [0.4, 0.5) is 0 Å². The van der Waals surface area contributed by atoms with Gasteiger partial charge in [0.15, 0.2) is 0 Å². The Morgan fingerprint density at radius 1 is 0.393 bits per heavy atom. The van der Waals surface area contributed by atoms with Crippen LogP contribution in [0, 0.1) is 0 Å². The molecule has 0 atom stereocenters. The Balaban J connectivity index is -0.000000376. The molecular formula is C18H34O10. The number of rotatable bonds is 15. The fraction of sp³-hybridized carbons (Fsp3) is 0.778. The molecule has 0 rings (SSSR count). The number of carboxylic acid groups (broad SMARTS) is 4. The molecule has 0 fully saturated rings. The predicted molar refractivity (Wildman–Crippen MR) is 100 cm³/mol. The maximum Gasteiger partial charge on any atom is 0.303 e. The van der Waals surface area contributed by atoms with Crippen molar-refractivity contribution in [2.45, 2.75) is 77.0 Å². The number of aliphatic carboxylic acids is 4. The second-order valence-corrected chi connectivity index (χ2v) is 5.85. The molecule has 10 nitrogen and oxygen atoms in total. The predicted octanol–water partition coefficient (Wildman–Crippen LogP) is 1.96. The van der Waals surface area contributed by atoms with Gasteiger partial charge in [-0.05, 0) is 25.7 Å². The summed E-state index contributed by atoms with van der Waals surface area (Å²) in [5.41, 5.74) is 0. The average Bonchev–Trinajstić information content (AvgIpc) is 2.61. The Morgan fingerprint density at radius 3 is 0.857 bits per heavy atom. The quantitative estimate of drug-likeness (QED) is 0.218. The molecule has 0 radical (unpaired) electrons. The molecule has 0 aromatic rings. The van der Waals surface area contributed by atoms with Gasteiger partial charge in [0.2, 0.25) is 0 Å². The largest absolute Gasteiger partial charge is 0.481 e. The van der Waals surface area contributed by atoms with E-state index in [9.17, 15) is 19.2 Å². The topological polar surface area (TPSA) is 190 Å². The third-order valence-corrected chi connectivity index (χ3v) is 3.15. The van der Waals surface area contributed by atoms with E-state index in [-0.39, 0.29) is 38.9 Å². The summed E-state index contributed by atoms with van der Waals surface area (Å²) in [4.78, 5) is 39.6. The maximum atomic E-state index is 10.1. The molecule has 10 heteroatoms. The van der Waals surface area contributed by atoms with E-state index in [1.807, 2.05) is 0 Å². The molecule has 0 saturated carbocycles. The standard InChI is InChI=1S/C10H18O4.C4H6O4.C4H10O2/c11-9(12)7-5-3-1-2-4-6-8-10(13)14;5-3(6)1-2-4(7)8;5-3-1-2-4-6/h1-8H2,(H,11,12)(H,13,14);1-2H2,(H,5,6)(H,7,8);5-6H,1-4H2. The SMILES string of the molecule is O=C(O)CCC(=O)O.O=C(O)CCCCCCCCC(=O)O.OCCCCO. The Kier molecular flexibility index (Phi) is 27.0. The zero-order valence-corrected chi connectivity index (χ0v) is 16.2. The molecule has 0 spiro atoms. The van der Waals surface area contributed by atoms with Gasteiger partial charge in [-0.3, -0.25) is 19.2 Å². The monoisotopic (exact) mass is 410 g/mol. The van der Waals surface area contributed by atoms with Gasteiger partial charge in [-0.25, -0.2) is 0 Å². The van der Waals surface area contributed by atoms with Crippen molar-refractivity contribution >= 4 is 23.9 Å². The van der Waals surface area contributed by atoms with Crippen molar-refractivity contribution in [1.82, 2.24) is 0 Å². The van der Waals surface area contributed by atoms with E-state index >= 15 is 0 Å². The summed E-state index contributed by atoms with van der Waals surface area (Å²) in [7, 11) is 0. The van der Waals surface area contributed by atoms with Crippen LogP contribution in [0.3, 0.4) is 0 Å². The zero-order chi connectivity index (χ0) is 22.2. The Hall–Kier alpha value is -2.20. The minimum atomic E-state index is -1.08. The first-order valence-corrected chi connectivity index (χ1v) is 9.26. The van der Waals surface area contributed by atoms with Gasteiger partial charge in [-0.15, -0.1) is 0 Å². The van der Waals surface area contributed by atoms with E-state index in [4.69, 9.17) is 30.6 Å². The summed E-state index contributed by atoms with van der Waals surface area (Å²) >= 11 is 0. The van der Waals surface area contributed by atoms with Crippen molar-refractivity contribution in [3.05, 3.63) is 0 Å². The molecule has 0 aromatic heterocycles. The number of aliphatic hydroxyl groups excluding tert-OH is 2. The molecule has 6 N–H and O–H groups in total. The molecule has 0 aliphatic rings. The highest BCUT2D eigenvalue weighted by atomic mass is 16.4.